The minimum Gasteiger partial charge on any atom is -0.321 e. The number of primary sulfonamides is 1. The monoisotopic (exact) mass is 370 g/mol. The molecule has 21 heavy (non-hydrogen) atoms. The van der Waals surface area contributed by atoms with Crippen molar-refractivity contribution in [2.24, 2.45) is 5.14 Å². The molecule has 7 nitrogen and oxygen atoms in total. The zero-order chi connectivity index (χ0) is 15.6. The number of anilines is 1. The zero-order valence-corrected chi connectivity index (χ0v) is 13.3. The predicted octanol–water partition coefficient (Wildman–Crippen LogP) is 1.45. The summed E-state index contributed by atoms with van der Waals surface area (Å²) in [6.07, 6.45) is 2.84. The Bertz CT molecular complexity index is 791. The van der Waals surface area contributed by atoms with Gasteiger partial charge in [-0.05, 0) is 41.1 Å². The number of nitrogens with one attached hydrogen (secondary N) is 1. The molecule has 0 unspecified atom stereocenters. The molecule has 0 atom stereocenters. The maximum atomic E-state index is 11.9. The van der Waals surface area contributed by atoms with Gasteiger partial charge in [0.2, 0.25) is 10.0 Å². The van der Waals surface area contributed by atoms with Crippen LogP contribution in [-0.2, 0) is 10.0 Å². The number of aromatic nitrogens is 2. The van der Waals surface area contributed by atoms with Gasteiger partial charge in [0, 0.05) is 16.4 Å². The number of aryl methyl sites for hydroxylation is 1. The van der Waals surface area contributed by atoms with Crippen LogP contribution < -0.4 is 10.5 Å². The van der Waals surface area contributed by atoms with E-state index in [0.29, 0.717) is 11.4 Å². The molecule has 3 N–H and O–H groups in total. The number of sulfonamides is 1. The van der Waals surface area contributed by atoms with Crippen LogP contribution in [-0.4, -0.2) is 24.3 Å². The van der Waals surface area contributed by atoms with Crippen molar-refractivity contribution in [3.63, 3.8) is 0 Å². The maximum absolute atomic E-state index is 11.9. The lowest BCUT2D eigenvalue weighted by atomic mass is 10.3. The molecule has 2 aromatic rings. The minimum atomic E-state index is -3.82. The lowest BCUT2D eigenvalue weighted by Gasteiger charge is -2.07. The van der Waals surface area contributed by atoms with Gasteiger partial charge in [-0.25, -0.2) is 18.5 Å². The summed E-state index contributed by atoms with van der Waals surface area (Å²) in [5.74, 6) is -0.447. The van der Waals surface area contributed by atoms with Crippen molar-refractivity contribution in [2.45, 2.75) is 11.8 Å². The Balaban J connectivity index is 2.22. The average Bonchev–Trinajstić information content (AvgIpc) is 2.37. The van der Waals surface area contributed by atoms with E-state index in [-0.39, 0.29) is 15.1 Å². The summed E-state index contributed by atoms with van der Waals surface area (Å²) in [5, 5.41) is 7.64. The molecule has 0 saturated heterocycles. The Kier molecular flexibility index (Phi) is 4.35. The van der Waals surface area contributed by atoms with Crippen molar-refractivity contribution in [1.29, 1.82) is 0 Å². The van der Waals surface area contributed by atoms with Crippen LogP contribution in [0.5, 0.6) is 0 Å². The van der Waals surface area contributed by atoms with Crippen LogP contribution in [0.4, 0.5) is 5.69 Å². The van der Waals surface area contributed by atoms with Crippen LogP contribution in [0.25, 0.3) is 0 Å². The lowest BCUT2D eigenvalue weighted by molar-refractivity contribution is 0.102. The summed E-state index contributed by atoms with van der Waals surface area (Å²) >= 11 is 3.10. The van der Waals surface area contributed by atoms with Gasteiger partial charge in [0.1, 0.15) is 5.69 Å². The van der Waals surface area contributed by atoms with E-state index in [9.17, 15) is 13.2 Å². The third kappa shape index (κ3) is 3.84. The van der Waals surface area contributed by atoms with E-state index < -0.39 is 15.9 Å². The Morgan fingerprint density at radius 2 is 2.00 bits per heavy atom. The molecule has 0 spiro atoms. The van der Waals surface area contributed by atoms with Gasteiger partial charge in [0.05, 0.1) is 16.8 Å². The molecule has 9 heteroatoms. The third-order valence-electron chi connectivity index (χ3n) is 2.51. The van der Waals surface area contributed by atoms with Crippen molar-refractivity contribution in [3.05, 3.63) is 46.5 Å². The summed E-state index contributed by atoms with van der Waals surface area (Å²) in [4.78, 5) is 19.8. The van der Waals surface area contributed by atoms with E-state index in [1.807, 2.05) is 0 Å². The van der Waals surface area contributed by atoms with Gasteiger partial charge >= 0.3 is 0 Å². The predicted molar refractivity (Wildman–Crippen MR) is 80.2 cm³/mol. The molecule has 1 amide bonds. The highest BCUT2D eigenvalue weighted by molar-refractivity contribution is 9.10. The number of benzene rings is 1. The molecule has 0 aliphatic carbocycles. The van der Waals surface area contributed by atoms with Crippen LogP contribution in [0.15, 0.2) is 40.0 Å². The van der Waals surface area contributed by atoms with E-state index in [1.165, 1.54) is 30.6 Å². The molecule has 0 radical (unpaired) electrons. The molecule has 1 heterocycles. The third-order valence-corrected chi connectivity index (χ3v) is 4.40. The van der Waals surface area contributed by atoms with Crippen LogP contribution in [0.2, 0.25) is 0 Å². The summed E-state index contributed by atoms with van der Waals surface area (Å²) in [6, 6.07) is 4.18. The van der Waals surface area contributed by atoms with Crippen molar-refractivity contribution >= 4 is 37.5 Å². The number of halogens is 1. The van der Waals surface area contributed by atoms with E-state index in [0.717, 1.165) is 0 Å². The van der Waals surface area contributed by atoms with Gasteiger partial charge in [-0.1, -0.05) is 0 Å². The first-order valence-corrected chi connectivity index (χ1v) is 8.03. The molecule has 1 aromatic heterocycles. The fourth-order valence-corrected chi connectivity index (χ4v) is 3.16. The molecule has 110 valence electrons. The average molecular weight is 371 g/mol. The van der Waals surface area contributed by atoms with Gasteiger partial charge in [-0.15, -0.1) is 0 Å². The van der Waals surface area contributed by atoms with Crippen LogP contribution in [0, 0.1) is 6.92 Å². The Morgan fingerprint density at radius 1 is 1.29 bits per heavy atom. The fourth-order valence-electron chi connectivity index (χ4n) is 1.51. The van der Waals surface area contributed by atoms with Crippen molar-refractivity contribution < 1.29 is 13.2 Å². The summed E-state index contributed by atoms with van der Waals surface area (Å²) in [6.45, 7) is 1.76. The number of hydrogen-bond acceptors (Lipinski definition) is 5. The highest BCUT2D eigenvalue weighted by Crippen LogP contribution is 2.24. The van der Waals surface area contributed by atoms with Crippen LogP contribution in [0.1, 0.15) is 16.2 Å². The van der Waals surface area contributed by atoms with Gasteiger partial charge in [0.15, 0.2) is 0 Å². The number of hydrogen-bond donors (Lipinski definition) is 2. The maximum Gasteiger partial charge on any atom is 0.275 e. The highest BCUT2D eigenvalue weighted by Gasteiger charge is 2.14. The Morgan fingerprint density at radius 3 is 2.52 bits per heavy atom. The fraction of sp³-hybridized carbons (Fsp3) is 0.0833. The van der Waals surface area contributed by atoms with E-state index in [2.05, 4.69) is 31.2 Å². The largest absolute Gasteiger partial charge is 0.321 e. The van der Waals surface area contributed by atoms with E-state index >= 15 is 0 Å². The molecule has 0 bridgehead atoms. The molecule has 2 rings (SSSR count). The second-order valence-electron chi connectivity index (χ2n) is 4.19. The molecule has 0 saturated carbocycles. The smallest absolute Gasteiger partial charge is 0.275 e. The first kappa shape index (κ1) is 15.5. The lowest BCUT2D eigenvalue weighted by Crippen LogP contribution is -2.15. The van der Waals surface area contributed by atoms with E-state index in [1.54, 1.807) is 6.92 Å². The second-order valence-corrected chi connectivity index (χ2v) is 6.57. The molecular weight excluding hydrogens is 360 g/mol. The summed E-state index contributed by atoms with van der Waals surface area (Å²) in [7, 11) is -3.82. The van der Waals surface area contributed by atoms with Gasteiger partial charge in [-0.3, -0.25) is 9.78 Å². The quantitative estimate of drug-likeness (QED) is 0.847. The molecule has 0 aliphatic heterocycles. The van der Waals surface area contributed by atoms with Crippen LogP contribution in [0.3, 0.4) is 0 Å². The molecule has 1 aromatic carbocycles. The van der Waals surface area contributed by atoms with Gasteiger partial charge in [-0.2, -0.15) is 0 Å². The van der Waals surface area contributed by atoms with Gasteiger partial charge in [0.25, 0.3) is 5.91 Å². The van der Waals surface area contributed by atoms with E-state index in [4.69, 9.17) is 5.14 Å². The van der Waals surface area contributed by atoms with Crippen molar-refractivity contribution in [2.75, 3.05) is 5.32 Å². The molecular formula is C12H11BrN4O3S. The van der Waals surface area contributed by atoms with Crippen LogP contribution >= 0.6 is 15.9 Å². The number of rotatable bonds is 3. The first-order chi connectivity index (χ1) is 9.77. The molecule has 0 fully saturated rings. The SMILES string of the molecule is Cc1cnc(C(=O)Nc2ccc(S(N)(=O)=O)c(Br)c2)cn1. The summed E-state index contributed by atoms with van der Waals surface area (Å²) in [5.41, 5.74) is 1.26. The number of nitrogens with zero attached hydrogens (tertiary/aromatic N) is 2. The number of amides is 1. The number of carbonyl (C=O) groups is 1. The number of carbonyl (C=O) groups excluding carboxylic acids is 1. The first-order valence-electron chi connectivity index (χ1n) is 5.70. The van der Waals surface area contributed by atoms with Gasteiger partial charge < -0.3 is 5.32 Å². The minimum absolute atomic E-state index is 0.0596. The Hall–Kier alpha value is -1.84. The zero-order valence-electron chi connectivity index (χ0n) is 10.9. The standard InChI is InChI=1S/C12H11BrN4O3S/c1-7-5-16-10(6-15-7)12(18)17-8-2-3-11(9(13)4-8)21(14,19)20/h2-6H,1H3,(H,17,18)(H2,14,19,20). The summed E-state index contributed by atoms with van der Waals surface area (Å²) < 4.78 is 22.8. The Labute approximate surface area is 129 Å². The topological polar surface area (TPSA) is 115 Å². The van der Waals surface area contributed by atoms with Crippen molar-refractivity contribution in [3.8, 4) is 0 Å². The highest BCUT2D eigenvalue weighted by atomic mass is 79.9. The normalized spacial score (nSPS) is 11.2. The van der Waals surface area contributed by atoms with Crippen molar-refractivity contribution in [1.82, 2.24) is 9.97 Å². The molecule has 0 aliphatic rings. The number of nitrogens with two attached hydrogens (primary N) is 1. The second kappa shape index (κ2) is 5.88.